The smallest absolute Gasteiger partial charge is 0.314 e. The quantitative estimate of drug-likeness (QED) is 0.0344. The molecule has 1 spiro atoms. The van der Waals surface area contributed by atoms with Gasteiger partial charge in [-0.25, -0.2) is 0 Å². The molecule has 20 N–H and O–H groups in total. The zero-order chi connectivity index (χ0) is 64.7. The van der Waals surface area contributed by atoms with Crippen LogP contribution in [0.25, 0.3) is 0 Å². The molecule has 6 heterocycles. The van der Waals surface area contributed by atoms with Gasteiger partial charge in [-0.1, -0.05) is 19.9 Å². The molecule has 2 bridgehead atoms. The van der Waals surface area contributed by atoms with Gasteiger partial charge in [0, 0.05) is 0 Å². The number of ether oxygens (including phenoxy) is 12. The van der Waals surface area contributed by atoms with Gasteiger partial charge in [0.15, 0.2) is 31.5 Å². The zero-order valence-electron chi connectivity index (χ0n) is 49.0. The lowest BCUT2D eigenvalue weighted by molar-refractivity contribution is -0.387. The minimum Gasteiger partial charge on any atom is -0.432 e. The Bertz CT molecular complexity index is 2390. The summed E-state index contributed by atoms with van der Waals surface area (Å²) in [5, 5.41) is 214. The zero-order valence-corrected chi connectivity index (χ0v) is 49.0. The SMILES string of the molecule is C=C1C[C@@]23CC[C@H]4[C@@](C)(CCC[C@@]4(C)C(=O)O[C@@H]4O[C@H](CO)[C@@H](O[C@H]5O[C@H](CO)[C@@H](O[C@H]6O[C@H](CO)[C@@H](O[C@H]7O[C@H](CO)[C@@H](O)[C@H](O)[C@H]7O)[C@H](O)[C@H]6O)[C@H](O)[C@H]5O)[C@H](O)[C@H]4O)[C@@H]2CC[C@]1(O[C@@H]1O[C@H](CO)[C@@H](O)[C@H](O)[C@H]1O[C@@H]1O[C@H](CO)[C@@H](O)[C@H](O)[C@H]1O)C3. The highest BCUT2D eigenvalue weighted by atomic mass is 16.8. The molecule has 512 valence electrons. The predicted molar refractivity (Wildman–Crippen MR) is 284 cm³/mol. The van der Waals surface area contributed by atoms with E-state index in [9.17, 15) is 107 Å². The lowest BCUT2D eigenvalue weighted by atomic mass is 9.41. The Morgan fingerprint density at radius 1 is 0.427 bits per heavy atom. The normalized spacial score (nSPS) is 54.5. The molecule has 4 saturated carbocycles. The number of hydrogen-bond acceptors (Lipinski definition) is 33. The standard InChI is InChI=1S/C56H90O33/c1-19-11-55-9-5-26-53(2,27(55)6-10-56(19,18-55)89-51-45(33(68)30(65)22(14-59)80-51)87-47-38(73)32(67)29(64)21(13-58)79-47)7-4-8-54(26,3)52(77)88-50-41(76)36(71)44(25(17-62)83-50)86-49-40(75)35(70)43(24(16-61)82-49)85-48-39(74)34(69)42(23(15-60)81-48)84-46-37(72)31(66)28(63)20(12-57)78-46/h20-51,57-76H,1,4-18H2,2-3H3/t20-,21-,22-,23-,24-,25-,26+,27+,28-,29-,30-,31+,32+,33+,34-,35-,36-,37-,38-,39-,40-,41-,42-,43-,44-,45-,46-,47+,48-,49-,50+,51+,53-,54-,55-,56+/m1/s1. The summed E-state index contributed by atoms with van der Waals surface area (Å²) in [4.78, 5) is 14.8. The number of rotatable bonds is 18. The molecule has 0 unspecified atom stereocenters. The van der Waals surface area contributed by atoms with E-state index in [0.717, 1.165) is 0 Å². The van der Waals surface area contributed by atoms with Crippen molar-refractivity contribution < 1.29 is 164 Å². The molecule has 0 aromatic carbocycles. The van der Waals surface area contributed by atoms with Crippen LogP contribution in [0, 0.1) is 28.1 Å². The third-order valence-electron chi connectivity index (χ3n) is 21.3. The fourth-order valence-electron chi connectivity index (χ4n) is 16.5. The first-order valence-electron chi connectivity index (χ1n) is 30.4. The maximum absolute atomic E-state index is 14.8. The second-order valence-electron chi connectivity index (χ2n) is 26.4. The molecule has 0 aromatic rings. The fourth-order valence-corrected chi connectivity index (χ4v) is 16.5. The largest absolute Gasteiger partial charge is 0.432 e. The van der Waals surface area contributed by atoms with Crippen LogP contribution in [0.15, 0.2) is 12.2 Å². The average molecular weight is 1290 g/mol. The number of aliphatic hydroxyl groups is 20. The summed E-state index contributed by atoms with van der Waals surface area (Å²) in [6.45, 7) is 3.21. The van der Waals surface area contributed by atoms with Crippen LogP contribution in [0.4, 0.5) is 0 Å². The molecule has 10 rings (SSSR count). The molecule has 10 fully saturated rings. The molecule has 33 heteroatoms. The van der Waals surface area contributed by atoms with Crippen molar-refractivity contribution >= 4 is 5.97 Å². The second kappa shape index (κ2) is 27.2. The topological polar surface area (TPSA) is 532 Å². The molecule has 6 aliphatic heterocycles. The van der Waals surface area contributed by atoms with E-state index in [4.69, 9.17) is 56.8 Å². The first-order valence-corrected chi connectivity index (χ1v) is 30.4. The number of hydrogen-bond donors (Lipinski definition) is 20. The van der Waals surface area contributed by atoms with Crippen LogP contribution in [0.5, 0.6) is 0 Å². The van der Waals surface area contributed by atoms with Gasteiger partial charge in [-0.3, -0.25) is 4.79 Å². The number of fused-ring (bicyclic) bond motifs is 3. The third-order valence-corrected chi connectivity index (χ3v) is 21.3. The Morgan fingerprint density at radius 3 is 1.24 bits per heavy atom. The number of aliphatic hydroxyl groups excluding tert-OH is 20. The fraction of sp³-hybridized carbons (Fsp3) is 0.946. The van der Waals surface area contributed by atoms with Crippen LogP contribution in [0.3, 0.4) is 0 Å². The number of esters is 1. The molecule has 36 atom stereocenters. The van der Waals surface area contributed by atoms with Gasteiger partial charge in [0.1, 0.15) is 146 Å². The molecular formula is C56H90O33. The molecule has 6 saturated heterocycles. The summed E-state index contributed by atoms with van der Waals surface area (Å²) in [7, 11) is 0. The van der Waals surface area contributed by atoms with E-state index in [0.29, 0.717) is 63.4 Å². The van der Waals surface area contributed by atoms with Gasteiger partial charge in [-0.15, -0.1) is 0 Å². The van der Waals surface area contributed by atoms with Crippen molar-refractivity contribution in [3.05, 3.63) is 12.2 Å². The Hall–Kier alpha value is -2.03. The van der Waals surface area contributed by atoms with E-state index in [-0.39, 0.29) is 11.8 Å². The Labute approximate surface area is 509 Å². The summed E-state index contributed by atoms with van der Waals surface area (Å²) in [5.74, 6) is -1.09. The monoisotopic (exact) mass is 1290 g/mol. The molecule has 0 radical (unpaired) electrons. The molecule has 0 aromatic heterocycles. The molecular weight excluding hydrogens is 1200 g/mol. The molecule has 0 amide bonds. The van der Waals surface area contributed by atoms with E-state index in [1.807, 2.05) is 0 Å². The van der Waals surface area contributed by atoms with E-state index in [1.165, 1.54) is 0 Å². The Kier molecular flexibility index (Phi) is 21.4. The van der Waals surface area contributed by atoms with Crippen molar-refractivity contribution in [2.45, 2.75) is 261 Å². The van der Waals surface area contributed by atoms with E-state index in [2.05, 4.69) is 13.5 Å². The van der Waals surface area contributed by atoms with Crippen molar-refractivity contribution in [2.75, 3.05) is 39.6 Å². The van der Waals surface area contributed by atoms with E-state index >= 15 is 0 Å². The highest BCUT2D eigenvalue weighted by Gasteiger charge is 2.70. The van der Waals surface area contributed by atoms with Crippen LogP contribution in [-0.4, -0.2) is 338 Å². The van der Waals surface area contributed by atoms with Gasteiger partial charge in [-0.2, -0.15) is 0 Å². The first-order chi connectivity index (χ1) is 42.1. The van der Waals surface area contributed by atoms with Crippen LogP contribution < -0.4 is 0 Å². The molecule has 89 heavy (non-hydrogen) atoms. The van der Waals surface area contributed by atoms with Crippen molar-refractivity contribution in [1.82, 2.24) is 0 Å². The van der Waals surface area contributed by atoms with Crippen molar-refractivity contribution in [1.29, 1.82) is 0 Å². The van der Waals surface area contributed by atoms with Crippen LogP contribution in [0.1, 0.15) is 71.6 Å². The summed E-state index contributed by atoms with van der Waals surface area (Å²) in [5.41, 5.74) is -2.53. The summed E-state index contributed by atoms with van der Waals surface area (Å²) >= 11 is 0. The lowest BCUT2D eigenvalue weighted by Crippen LogP contribution is -2.67. The number of carbonyl (C=O) groups excluding carboxylic acids is 1. The van der Waals surface area contributed by atoms with Gasteiger partial charge < -0.3 is 159 Å². The van der Waals surface area contributed by atoms with Crippen LogP contribution in [-0.2, 0) is 61.6 Å². The summed E-state index contributed by atoms with van der Waals surface area (Å²) < 4.78 is 70.2. The van der Waals surface area contributed by atoms with Gasteiger partial charge in [0.25, 0.3) is 0 Å². The summed E-state index contributed by atoms with van der Waals surface area (Å²) in [6, 6.07) is 0. The van der Waals surface area contributed by atoms with Gasteiger partial charge in [0.05, 0.1) is 50.7 Å². The highest BCUT2D eigenvalue weighted by molar-refractivity contribution is 5.77. The molecule has 4 aliphatic carbocycles. The van der Waals surface area contributed by atoms with Crippen molar-refractivity contribution in [3.63, 3.8) is 0 Å². The predicted octanol–water partition coefficient (Wildman–Crippen LogP) is -9.47. The molecule has 10 aliphatic rings. The van der Waals surface area contributed by atoms with Gasteiger partial charge >= 0.3 is 5.97 Å². The van der Waals surface area contributed by atoms with Crippen LogP contribution >= 0.6 is 0 Å². The van der Waals surface area contributed by atoms with Crippen molar-refractivity contribution in [3.8, 4) is 0 Å². The van der Waals surface area contributed by atoms with Gasteiger partial charge in [-0.05, 0) is 86.5 Å². The lowest BCUT2D eigenvalue weighted by Gasteiger charge is -2.64. The summed E-state index contributed by atoms with van der Waals surface area (Å²) in [6.07, 6.45) is -49.2. The average Bonchev–Trinajstić information content (AvgIpc) is 1.63. The minimum atomic E-state index is -2.14. The maximum Gasteiger partial charge on any atom is 0.314 e. The minimum absolute atomic E-state index is 0.0243. The highest BCUT2D eigenvalue weighted by Crippen LogP contribution is 2.74. The van der Waals surface area contributed by atoms with E-state index < -0.39 is 252 Å². The van der Waals surface area contributed by atoms with E-state index in [1.54, 1.807) is 6.92 Å². The Balaban J connectivity index is 0.769. The third kappa shape index (κ3) is 12.3. The number of carbonyl (C=O) groups is 1. The maximum atomic E-state index is 14.8. The van der Waals surface area contributed by atoms with Crippen LogP contribution in [0.2, 0.25) is 0 Å². The Morgan fingerprint density at radius 2 is 0.787 bits per heavy atom. The first kappa shape index (κ1) is 69.8. The molecule has 33 nitrogen and oxygen atoms in total. The van der Waals surface area contributed by atoms with Gasteiger partial charge in [0.2, 0.25) is 6.29 Å². The van der Waals surface area contributed by atoms with Crippen molar-refractivity contribution in [2.24, 2.45) is 28.1 Å². The second-order valence-corrected chi connectivity index (χ2v) is 26.4.